The van der Waals surface area contributed by atoms with Crippen molar-refractivity contribution in [2.24, 2.45) is 5.84 Å². The lowest BCUT2D eigenvalue weighted by Crippen LogP contribution is -2.32. The Morgan fingerprint density at radius 1 is 1.52 bits per heavy atom. The summed E-state index contributed by atoms with van der Waals surface area (Å²) in [6.07, 6.45) is 0.601. The minimum atomic E-state index is -2.94. The molecule has 1 aliphatic heterocycles. The second kappa shape index (κ2) is 5.96. The normalized spacial score (nSPS) is 20.6. The van der Waals surface area contributed by atoms with E-state index in [4.69, 9.17) is 5.84 Å². The second-order valence-corrected chi connectivity index (χ2v) is 7.45. The van der Waals surface area contributed by atoms with Gasteiger partial charge in [0.05, 0.1) is 16.4 Å². The van der Waals surface area contributed by atoms with Gasteiger partial charge in [0, 0.05) is 18.7 Å². The first kappa shape index (κ1) is 15.7. The van der Waals surface area contributed by atoms with Crippen LogP contribution in [0.3, 0.4) is 0 Å². The SMILES string of the molecule is CN(Cc1ccc(NN)c([N+](=O)[O-])c1)C1CCS(=O)(=O)C1. The smallest absolute Gasteiger partial charge is 0.293 e. The summed E-state index contributed by atoms with van der Waals surface area (Å²) in [6, 6.07) is 4.70. The lowest BCUT2D eigenvalue weighted by molar-refractivity contribution is -0.384. The summed E-state index contributed by atoms with van der Waals surface area (Å²) in [5.74, 6) is 5.59. The van der Waals surface area contributed by atoms with E-state index in [0.29, 0.717) is 13.0 Å². The van der Waals surface area contributed by atoms with Gasteiger partial charge in [-0.05, 0) is 25.1 Å². The van der Waals surface area contributed by atoms with E-state index in [9.17, 15) is 18.5 Å². The fourth-order valence-electron chi connectivity index (χ4n) is 2.49. The maximum Gasteiger partial charge on any atom is 0.293 e. The van der Waals surface area contributed by atoms with Crippen molar-refractivity contribution in [1.82, 2.24) is 4.90 Å². The molecule has 1 aliphatic rings. The highest BCUT2D eigenvalue weighted by molar-refractivity contribution is 7.91. The molecule has 1 aromatic rings. The summed E-state index contributed by atoms with van der Waals surface area (Å²) in [5, 5.41) is 11.0. The fraction of sp³-hybridized carbons (Fsp3) is 0.500. The molecular formula is C12H18N4O4S. The third-order valence-electron chi connectivity index (χ3n) is 3.68. The number of nitrogens with one attached hydrogen (secondary N) is 1. The number of sulfone groups is 1. The fourth-order valence-corrected chi connectivity index (χ4v) is 4.29. The van der Waals surface area contributed by atoms with Crippen LogP contribution >= 0.6 is 0 Å². The average molecular weight is 314 g/mol. The summed E-state index contributed by atoms with van der Waals surface area (Å²) < 4.78 is 23.0. The van der Waals surface area contributed by atoms with Crippen molar-refractivity contribution in [2.45, 2.75) is 19.0 Å². The van der Waals surface area contributed by atoms with Gasteiger partial charge in [-0.25, -0.2) is 8.42 Å². The van der Waals surface area contributed by atoms with Crippen LogP contribution in [0.4, 0.5) is 11.4 Å². The number of nitro benzene ring substituents is 1. The van der Waals surface area contributed by atoms with Crippen molar-refractivity contribution >= 4 is 21.2 Å². The van der Waals surface area contributed by atoms with E-state index in [2.05, 4.69) is 5.43 Å². The Morgan fingerprint density at radius 2 is 2.24 bits per heavy atom. The van der Waals surface area contributed by atoms with Crippen LogP contribution in [0.25, 0.3) is 0 Å². The van der Waals surface area contributed by atoms with E-state index in [1.54, 1.807) is 12.1 Å². The van der Waals surface area contributed by atoms with E-state index < -0.39 is 14.8 Å². The molecule has 1 atom stereocenters. The van der Waals surface area contributed by atoms with Gasteiger partial charge in [-0.15, -0.1) is 0 Å². The molecule has 2 rings (SSSR count). The topological polar surface area (TPSA) is 119 Å². The monoisotopic (exact) mass is 314 g/mol. The molecule has 0 bridgehead atoms. The number of benzene rings is 1. The number of nitrogen functional groups attached to an aromatic ring is 1. The summed E-state index contributed by atoms with van der Waals surface area (Å²) in [5.41, 5.74) is 3.18. The number of rotatable bonds is 5. The lowest BCUT2D eigenvalue weighted by Gasteiger charge is -2.23. The molecule has 9 heteroatoms. The maximum atomic E-state index is 11.5. The standard InChI is InChI=1S/C12H18N4O4S/c1-15(10-4-5-21(19,20)8-10)7-9-2-3-11(14-13)12(6-9)16(17)18/h2-3,6,10,14H,4-5,7-8,13H2,1H3. The molecule has 1 unspecified atom stereocenters. The van der Waals surface area contributed by atoms with Crippen molar-refractivity contribution in [3.05, 3.63) is 33.9 Å². The number of hydrogen-bond donors (Lipinski definition) is 2. The number of hydrogen-bond acceptors (Lipinski definition) is 7. The first-order valence-electron chi connectivity index (χ1n) is 6.47. The number of nitro groups is 1. The van der Waals surface area contributed by atoms with Crippen LogP contribution in [0, 0.1) is 10.1 Å². The first-order chi connectivity index (χ1) is 9.82. The third-order valence-corrected chi connectivity index (χ3v) is 5.43. The molecule has 0 spiro atoms. The average Bonchev–Trinajstić information content (AvgIpc) is 2.79. The minimum Gasteiger partial charge on any atom is -0.318 e. The van der Waals surface area contributed by atoms with Crippen LogP contribution in [0.5, 0.6) is 0 Å². The number of nitrogens with two attached hydrogens (primary N) is 1. The lowest BCUT2D eigenvalue weighted by atomic mass is 10.1. The Balaban J connectivity index is 2.13. The Kier molecular flexibility index (Phi) is 4.45. The molecule has 0 aliphatic carbocycles. The first-order valence-corrected chi connectivity index (χ1v) is 8.29. The van der Waals surface area contributed by atoms with Crippen molar-refractivity contribution in [1.29, 1.82) is 0 Å². The van der Waals surface area contributed by atoms with Gasteiger partial charge in [-0.1, -0.05) is 6.07 Å². The van der Waals surface area contributed by atoms with E-state index >= 15 is 0 Å². The molecule has 21 heavy (non-hydrogen) atoms. The van der Waals surface area contributed by atoms with Crippen LogP contribution in [0.2, 0.25) is 0 Å². The Bertz CT molecular complexity index is 647. The van der Waals surface area contributed by atoms with E-state index in [-0.39, 0.29) is 28.9 Å². The summed E-state index contributed by atoms with van der Waals surface area (Å²) >= 11 is 0. The highest BCUT2D eigenvalue weighted by atomic mass is 32.2. The molecule has 1 heterocycles. The minimum absolute atomic E-state index is 0.0404. The van der Waals surface area contributed by atoms with Crippen molar-refractivity contribution in [2.75, 3.05) is 24.0 Å². The van der Waals surface area contributed by atoms with Crippen LogP contribution in [-0.2, 0) is 16.4 Å². The van der Waals surface area contributed by atoms with E-state index in [0.717, 1.165) is 5.56 Å². The summed E-state index contributed by atoms with van der Waals surface area (Å²) in [6.45, 7) is 0.450. The number of nitrogens with zero attached hydrogens (tertiary/aromatic N) is 2. The Labute approximate surface area is 123 Å². The molecule has 0 saturated carbocycles. The molecule has 1 fully saturated rings. The van der Waals surface area contributed by atoms with Crippen LogP contribution < -0.4 is 11.3 Å². The molecule has 0 radical (unpaired) electrons. The van der Waals surface area contributed by atoms with Gasteiger partial charge >= 0.3 is 0 Å². The van der Waals surface area contributed by atoms with Crippen molar-refractivity contribution in [3.63, 3.8) is 0 Å². The highest BCUT2D eigenvalue weighted by Crippen LogP contribution is 2.26. The second-order valence-electron chi connectivity index (χ2n) is 5.22. The van der Waals surface area contributed by atoms with Gasteiger partial charge in [-0.2, -0.15) is 0 Å². The highest BCUT2D eigenvalue weighted by Gasteiger charge is 2.30. The van der Waals surface area contributed by atoms with E-state index in [1.165, 1.54) is 6.07 Å². The zero-order valence-corrected chi connectivity index (χ0v) is 12.5. The van der Waals surface area contributed by atoms with Gasteiger partial charge in [0.1, 0.15) is 5.69 Å². The van der Waals surface area contributed by atoms with E-state index in [1.807, 2.05) is 11.9 Å². The summed E-state index contributed by atoms with van der Waals surface area (Å²) in [4.78, 5) is 12.4. The molecular weight excluding hydrogens is 296 g/mol. The largest absolute Gasteiger partial charge is 0.318 e. The zero-order valence-electron chi connectivity index (χ0n) is 11.7. The van der Waals surface area contributed by atoms with Gasteiger partial charge in [0.15, 0.2) is 9.84 Å². The molecule has 8 nitrogen and oxygen atoms in total. The Hall–Kier alpha value is -1.71. The molecule has 1 aromatic carbocycles. The van der Waals surface area contributed by atoms with Gasteiger partial charge < -0.3 is 5.43 Å². The van der Waals surface area contributed by atoms with Crippen molar-refractivity contribution < 1.29 is 13.3 Å². The number of anilines is 1. The molecule has 0 aromatic heterocycles. The van der Waals surface area contributed by atoms with Crippen LogP contribution in [-0.4, -0.2) is 42.8 Å². The predicted molar refractivity (Wildman–Crippen MR) is 79.4 cm³/mol. The van der Waals surface area contributed by atoms with Gasteiger partial charge in [-0.3, -0.25) is 20.9 Å². The van der Waals surface area contributed by atoms with Crippen LogP contribution in [0.1, 0.15) is 12.0 Å². The molecule has 3 N–H and O–H groups in total. The molecule has 0 amide bonds. The zero-order chi connectivity index (χ0) is 15.6. The molecule has 1 saturated heterocycles. The van der Waals surface area contributed by atoms with Crippen LogP contribution in [0.15, 0.2) is 18.2 Å². The Morgan fingerprint density at radius 3 is 2.76 bits per heavy atom. The quantitative estimate of drug-likeness (QED) is 0.461. The van der Waals surface area contributed by atoms with Gasteiger partial charge in [0.25, 0.3) is 5.69 Å². The molecule has 116 valence electrons. The maximum absolute atomic E-state index is 11.5. The third kappa shape index (κ3) is 3.69. The summed E-state index contributed by atoms with van der Waals surface area (Å²) in [7, 11) is -1.12. The van der Waals surface area contributed by atoms with Crippen molar-refractivity contribution in [3.8, 4) is 0 Å². The number of hydrazine groups is 1. The van der Waals surface area contributed by atoms with Gasteiger partial charge in [0.2, 0.25) is 0 Å². The predicted octanol–water partition coefficient (Wildman–Crippen LogP) is 0.499.